The number of amides is 2. The minimum absolute atomic E-state index is 0.0358. The van der Waals surface area contributed by atoms with E-state index in [-0.39, 0.29) is 23.7 Å². The molecule has 24 heavy (non-hydrogen) atoms. The molecule has 1 aliphatic rings. The summed E-state index contributed by atoms with van der Waals surface area (Å²) in [5.74, 6) is -1.25. The van der Waals surface area contributed by atoms with Gasteiger partial charge in [0, 0.05) is 24.2 Å². The summed E-state index contributed by atoms with van der Waals surface area (Å²) in [6, 6.07) is 6.21. The molecule has 2 N–H and O–H groups in total. The first-order valence-corrected chi connectivity index (χ1v) is 8.00. The van der Waals surface area contributed by atoms with Crippen LogP contribution in [0.15, 0.2) is 24.3 Å². The monoisotopic (exact) mass is 332 g/mol. The lowest BCUT2D eigenvalue weighted by atomic mass is 9.98. The summed E-state index contributed by atoms with van der Waals surface area (Å²) in [7, 11) is 0. The Morgan fingerprint density at radius 3 is 2.12 bits per heavy atom. The minimum Gasteiger partial charge on any atom is -0.460 e. The van der Waals surface area contributed by atoms with Crippen molar-refractivity contribution in [3.8, 4) is 0 Å². The predicted molar refractivity (Wildman–Crippen MR) is 89.4 cm³/mol. The van der Waals surface area contributed by atoms with Crippen molar-refractivity contribution >= 4 is 17.8 Å². The van der Waals surface area contributed by atoms with E-state index in [1.165, 1.54) is 12.1 Å². The quantitative estimate of drug-likeness (QED) is 0.855. The van der Waals surface area contributed by atoms with Crippen LogP contribution in [-0.2, 0) is 9.53 Å². The number of likely N-dealkylation sites (tertiary alicyclic amines) is 1. The molecule has 0 aliphatic carbocycles. The molecule has 1 fully saturated rings. The van der Waals surface area contributed by atoms with Crippen molar-refractivity contribution in [1.29, 1.82) is 0 Å². The molecular weight excluding hydrogens is 308 g/mol. The second-order valence-corrected chi connectivity index (χ2v) is 7.27. The molecule has 6 heteroatoms. The highest BCUT2D eigenvalue weighted by Crippen LogP contribution is 2.27. The first-order chi connectivity index (χ1) is 11.1. The summed E-state index contributed by atoms with van der Waals surface area (Å²) in [5, 5.41) is 0. The number of hydrogen-bond acceptors (Lipinski definition) is 4. The van der Waals surface area contributed by atoms with Gasteiger partial charge in [0.2, 0.25) is 5.91 Å². The molecule has 1 heterocycles. The third-order valence-electron chi connectivity index (χ3n) is 4.03. The van der Waals surface area contributed by atoms with Crippen LogP contribution >= 0.6 is 0 Å². The van der Waals surface area contributed by atoms with Crippen molar-refractivity contribution < 1.29 is 19.1 Å². The summed E-state index contributed by atoms with van der Waals surface area (Å²) in [6.45, 7) is 8.26. The van der Waals surface area contributed by atoms with Crippen LogP contribution in [0.25, 0.3) is 0 Å². The molecule has 1 aromatic rings. The Labute approximate surface area is 142 Å². The Hall–Kier alpha value is -2.37. The van der Waals surface area contributed by atoms with Gasteiger partial charge in [0.25, 0.3) is 5.91 Å². The van der Waals surface area contributed by atoms with Gasteiger partial charge in [-0.15, -0.1) is 0 Å². The van der Waals surface area contributed by atoms with Crippen molar-refractivity contribution in [1.82, 2.24) is 4.90 Å². The van der Waals surface area contributed by atoms with Crippen molar-refractivity contribution in [2.24, 2.45) is 17.6 Å². The van der Waals surface area contributed by atoms with Gasteiger partial charge in [0.1, 0.15) is 5.60 Å². The molecule has 0 spiro atoms. The molecule has 0 aromatic heterocycles. The largest absolute Gasteiger partial charge is 0.460 e. The number of benzene rings is 1. The Morgan fingerprint density at radius 1 is 1.08 bits per heavy atom. The van der Waals surface area contributed by atoms with Gasteiger partial charge >= 0.3 is 5.97 Å². The zero-order valence-electron chi connectivity index (χ0n) is 14.5. The van der Waals surface area contributed by atoms with E-state index in [1.807, 2.05) is 27.7 Å². The molecule has 1 saturated heterocycles. The highest BCUT2D eigenvalue weighted by Gasteiger charge is 2.39. The van der Waals surface area contributed by atoms with E-state index in [0.717, 1.165) is 0 Å². The highest BCUT2D eigenvalue weighted by atomic mass is 16.6. The van der Waals surface area contributed by atoms with Crippen LogP contribution in [0.2, 0.25) is 0 Å². The maximum Gasteiger partial charge on any atom is 0.311 e. The fourth-order valence-electron chi connectivity index (χ4n) is 2.78. The third kappa shape index (κ3) is 4.13. The van der Waals surface area contributed by atoms with Crippen LogP contribution < -0.4 is 5.73 Å². The molecule has 2 atom stereocenters. The molecule has 2 amide bonds. The molecule has 2 rings (SSSR count). The van der Waals surface area contributed by atoms with E-state index in [1.54, 1.807) is 17.0 Å². The lowest BCUT2D eigenvalue weighted by Gasteiger charge is -2.23. The van der Waals surface area contributed by atoms with E-state index in [4.69, 9.17) is 10.5 Å². The van der Waals surface area contributed by atoms with Crippen LogP contribution in [0.3, 0.4) is 0 Å². The number of esters is 1. The number of rotatable bonds is 3. The first kappa shape index (κ1) is 18.0. The SMILES string of the molecule is C[C@@H]1CN(C(=O)c2ccc(C(N)=O)cc2)C[C@H]1C(=O)OC(C)(C)C. The number of primary amides is 1. The van der Waals surface area contributed by atoms with Crippen LogP contribution in [0.4, 0.5) is 0 Å². The molecule has 1 aliphatic heterocycles. The average Bonchev–Trinajstić information content (AvgIpc) is 2.87. The van der Waals surface area contributed by atoms with Gasteiger partial charge in [0.05, 0.1) is 5.92 Å². The summed E-state index contributed by atoms with van der Waals surface area (Å²) < 4.78 is 5.44. The van der Waals surface area contributed by atoms with Gasteiger partial charge in [-0.1, -0.05) is 6.92 Å². The minimum atomic E-state index is -0.543. The molecule has 6 nitrogen and oxygen atoms in total. The summed E-state index contributed by atoms with van der Waals surface area (Å²) in [5.41, 5.74) is 5.48. The molecule has 0 radical (unpaired) electrons. The Balaban J connectivity index is 2.07. The number of carbonyl (C=O) groups is 3. The standard InChI is InChI=1S/C18H24N2O4/c1-11-9-20(10-14(11)17(23)24-18(2,3)4)16(22)13-7-5-12(6-8-13)15(19)21/h5-8,11,14H,9-10H2,1-4H3,(H2,19,21)/t11-,14-/m1/s1. The number of carbonyl (C=O) groups excluding carboxylic acids is 3. The van der Waals surface area contributed by atoms with Gasteiger partial charge in [-0.2, -0.15) is 0 Å². The van der Waals surface area contributed by atoms with Crippen LogP contribution in [0.5, 0.6) is 0 Å². The molecule has 0 unspecified atom stereocenters. The third-order valence-corrected chi connectivity index (χ3v) is 4.03. The van der Waals surface area contributed by atoms with Gasteiger partial charge in [-0.05, 0) is 51.0 Å². The Morgan fingerprint density at radius 2 is 1.62 bits per heavy atom. The Kier molecular flexibility index (Phi) is 4.96. The maximum absolute atomic E-state index is 12.6. The average molecular weight is 332 g/mol. The number of nitrogens with zero attached hydrogens (tertiary/aromatic N) is 1. The van der Waals surface area contributed by atoms with Crippen molar-refractivity contribution in [3.05, 3.63) is 35.4 Å². The van der Waals surface area contributed by atoms with Crippen LogP contribution in [0, 0.1) is 11.8 Å². The smallest absolute Gasteiger partial charge is 0.311 e. The molecule has 0 saturated carbocycles. The topological polar surface area (TPSA) is 89.7 Å². The number of ether oxygens (including phenoxy) is 1. The van der Waals surface area contributed by atoms with Crippen molar-refractivity contribution in [2.75, 3.05) is 13.1 Å². The van der Waals surface area contributed by atoms with Gasteiger partial charge in [-0.3, -0.25) is 14.4 Å². The summed E-state index contributed by atoms with van der Waals surface area (Å²) in [6.07, 6.45) is 0. The summed E-state index contributed by atoms with van der Waals surface area (Å²) >= 11 is 0. The number of hydrogen-bond donors (Lipinski definition) is 1. The maximum atomic E-state index is 12.6. The predicted octanol–water partition coefficient (Wildman–Crippen LogP) is 1.84. The normalized spacial score (nSPS) is 20.8. The van der Waals surface area contributed by atoms with E-state index >= 15 is 0 Å². The molecule has 0 bridgehead atoms. The summed E-state index contributed by atoms with van der Waals surface area (Å²) in [4.78, 5) is 37.6. The van der Waals surface area contributed by atoms with E-state index in [2.05, 4.69) is 0 Å². The molecule has 1 aromatic carbocycles. The second-order valence-electron chi connectivity index (χ2n) is 7.27. The van der Waals surface area contributed by atoms with E-state index in [9.17, 15) is 14.4 Å². The van der Waals surface area contributed by atoms with Crippen LogP contribution in [0.1, 0.15) is 48.4 Å². The molecular formula is C18H24N2O4. The van der Waals surface area contributed by atoms with E-state index < -0.39 is 11.5 Å². The zero-order chi connectivity index (χ0) is 18.1. The van der Waals surface area contributed by atoms with Crippen LogP contribution in [-0.4, -0.2) is 41.4 Å². The van der Waals surface area contributed by atoms with Gasteiger partial charge < -0.3 is 15.4 Å². The number of nitrogens with two attached hydrogens (primary N) is 1. The highest BCUT2D eigenvalue weighted by molar-refractivity contribution is 5.97. The Bertz CT molecular complexity index is 646. The molecule has 130 valence electrons. The fourth-order valence-corrected chi connectivity index (χ4v) is 2.78. The van der Waals surface area contributed by atoms with Gasteiger partial charge in [-0.25, -0.2) is 0 Å². The second kappa shape index (κ2) is 6.63. The first-order valence-electron chi connectivity index (χ1n) is 8.00. The van der Waals surface area contributed by atoms with E-state index in [0.29, 0.717) is 24.2 Å². The fraction of sp³-hybridized carbons (Fsp3) is 0.500. The van der Waals surface area contributed by atoms with Crippen molar-refractivity contribution in [2.45, 2.75) is 33.3 Å². The van der Waals surface area contributed by atoms with Crippen molar-refractivity contribution in [3.63, 3.8) is 0 Å². The lowest BCUT2D eigenvalue weighted by molar-refractivity contribution is -0.160. The van der Waals surface area contributed by atoms with Gasteiger partial charge in [0.15, 0.2) is 0 Å². The zero-order valence-corrected chi connectivity index (χ0v) is 14.5. The lowest BCUT2D eigenvalue weighted by Crippen LogP contribution is -2.33.